The lowest BCUT2D eigenvalue weighted by molar-refractivity contribution is -0.133. The molecule has 0 spiro atoms. The molecule has 0 aliphatic heterocycles. The number of hydrogen-bond donors (Lipinski definition) is 3. The number of carboxylic acids is 1. The standard InChI is InChI=1S/C13H18NO6P/c1-8(2)12(15)14(3)7-10-6-9(13(16)17)4-5-11(10)20-21(18)19/h4-6,8,18-19H,7H2,1-3H3,(H,16,17). The fourth-order valence-electron chi connectivity index (χ4n) is 1.79. The predicted molar refractivity (Wildman–Crippen MR) is 76.7 cm³/mol. The SMILES string of the molecule is CC(C)C(=O)N(C)Cc1cc(C(=O)O)ccc1OP(O)O. The number of hydrogen-bond acceptors (Lipinski definition) is 5. The van der Waals surface area contributed by atoms with Crippen molar-refractivity contribution in [3.63, 3.8) is 0 Å². The van der Waals surface area contributed by atoms with Gasteiger partial charge >= 0.3 is 14.6 Å². The molecule has 3 N–H and O–H groups in total. The van der Waals surface area contributed by atoms with Crippen molar-refractivity contribution in [3.05, 3.63) is 29.3 Å². The molecule has 0 atom stereocenters. The van der Waals surface area contributed by atoms with Gasteiger partial charge in [0.15, 0.2) is 0 Å². The summed E-state index contributed by atoms with van der Waals surface area (Å²) in [6.45, 7) is 3.62. The minimum atomic E-state index is -2.62. The van der Waals surface area contributed by atoms with Crippen molar-refractivity contribution in [3.8, 4) is 5.75 Å². The van der Waals surface area contributed by atoms with Crippen LogP contribution in [0.5, 0.6) is 5.75 Å². The maximum absolute atomic E-state index is 11.9. The lowest BCUT2D eigenvalue weighted by Crippen LogP contribution is -2.30. The third-order valence-electron chi connectivity index (χ3n) is 2.77. The summed E-state index contributed by atoms with van der Waals surface area (Å²) in [7, 11) is -1.04. The molecule has 0 saturated carbocycles. The van der Waals surface area contributed by atoms with E-state index in [0.717, 1.165) is 0 Å². The Balaban J connectivity index is 3.08. The number of rotatable bonds is 6. The van der Waals surface area contributed by atoms with E-state index in [1.807, 2.05) is 0 Å². The molecule has 0 fully saturated rings. The molecule has 0 radical (unpaired) electrons. The van der Waals surface area contributed by atoms with Gasteiger partial charge in [-0.25, -0.2) is 4.79 Å². The second kappa shape index (κ2) is 7.36. The highest BCUT2D eigenvalue weighted by atomic mass is 31.2. The second-order valence-corrected chi connectivity index (χ2v) is 5.51. The van der Waals surface area contributed by atoms with Crippen molar-refractivity contribution < 1.29 is 29.0 Å². The van der Waals surface area contributed by atoms with Crippen LogP contribution in [0.15, 0.2) is 18.2 Å². The van der Waals surface area contributed by atoms with Gasteiger partial charge in [-0.05, 0) is 18.2 Å². The largest absolute Gasteiger partial charge is 0.478 e. The Kier molecular flexibility index (Phi) is 6.08. The smallest absolute Gasteiger partial charge is 0.391 e. The molecule has 0 heterocycles. The van der Waals surface area contributed by atoms with E-state index in [1.54, 1.807) is 20.9 Å². The molecule has 0 aliphatic rings. The first-order valence-corrected chi connectivity index (χ1v) is 7.36. The minimum absolute atomic E-state index is 0.0305. The number of carboxylic acid groups (broad SMARTS) is 1. The summed E-state index contributed by atoms with van der Waals surface area (Å²) in [5.41, 5.74) is 0.421. The van der Waals surface area contributed by atoms with E-state index in [1.165, 1.54) is 23.1 Å². The fourth-order valence-corrected chi connectivity index (χ4v) is 2.14. The molecule has 8 heteroatoms. The first-order chi connectivity index (χ1) is 9.72. The molecule has 116 valence electrons. The van der Waals surface area contributed by atoms with Gasteiger partial charge in [-0.2, -0.15) is 0 Å². The lowest BCUT2D eigenvalue weighted by Gasteiger charge is -2.21. The summed E-state index contributed by atoms with van der Waals surface area (Å²) in [5.74, 6) is -1.29. The van der Waals surface area contributed by atoms with Crippen LogP contribution in [0.25, 0.3) is 0 Å². The van der Waals surface area contributed by atoms with Crippen molar-refractivity contribution in [2.45, 2.75) is 20.4 Å². The average molecular weight is 315 g/mol. The van der Waals surface area contributed by atoms with Crippen molar-refractivity contribution in [1.29, 1.82) is 0 Å². The lowest BCUT2D eigenvalue weighted by atomic mass is 10.1. The Morgan fingerprint density at radius 3 is 2.43 bits per heavy atom. The van der Waals surface area contributed by atoms with Gasteiger partial charge in [0.2, 0.25) is 5.91 Å². The van der Waals surface area contributed by atoms with Crippen LogP contribution in [0.1, 0.15) is 29.8 Å². The summed E-state index contributed by atoms with van der Waals surface area (Å²) in [4.78, 5) is 42.2. The van der Waals surface area contributed by atoms with Crippen molar-refractivity contribution in [1.82, 2.24) is 4.90 Å². The van der Waals surface area contributed by atoms with E-state index in [-0.39, 0.29) is 29.7 Å². The molecule has 0 unspecified atom stereocenters. The van der Waals surface area contributed by atoms with Crippen LogP contribution in [0.4, 0.5) is 0 Å². The van der Waals surface area contributed by atoms with Crippen LogP contribution >= 0.6 is 8.60 Å². The number of benzene rings is 1. The maximum Gasteiger partial charge on any atom is 0.391 e. The summed E-state index contributed by atoms with van der Waals surface area (Å²) in [6, 6.07) is 3.99. The van der Waals surface area contributed by atoms with Crippen molar-refractivity contribution in [2.75, 3.05) is 7.05 Å². The maximum atomic E-state index is 11.9. The normalized spacial score (nSPS) is 10.8. The quantitative estimate of drug-likeness (QED) is 0.688. The molecule has 0 bridgehead atoms. The van der Waals surface area contributed by atoms with Gasteiger partial charge in [-0.3, -0.25) is 4.79 Å². The Morgan fingerprint density at radius 2 is 1.95 bits per heavy atom. The highest BCUT2D eigenvalue weighted by Crippen LogP contribution is 2.32. The van der Waals surface area contributed by atoms with Gasteiger partial charge in [0.05, 0.1) is 5.56 Å². The van der Waals surface area contributed by atoms with Gasteiger partial charge in [-0.1, -0.05) is 13.8 Å². The number of aromatic carboxylic acids is 1. The Bertz CT molecular complexity index is 531. The molecule has 0 aromatic heterocycles. The van der Waals surface area contributed by atoms with E-state index in [4.69, 9.17) is 19.4 Å². The van der Waals surface area contributed by atoms with E-state index in [9.17, 15) is 9.59 Å². The molecule has 1 aromatic carbocycles. The fraction of sp³-hybridized carbons (Fsp3) is 0.385. The molecule has 1 amide bonds. The van der Waals surface area contributed by atoms with E-state index in [2.05, 4.69) is 0 Å². The van der Waals surface area contributed by atoms with Crippen LogP contribution in [0.3, 0.4) is 0 Å². The zero-order valence-corrected chi connectivity index (χ0v) is 12.9. The van der Waals surface area contributed by atoms with Crippen LogP contribution in [0, 0.1) is 5.92 Å². The average Bonchev–Trinajstić information content (AvgIpc) is 2.38. The Morgan fingerprint density at radius 1 is 1.33 bits per heavy atom. The monoisotopic (exact) mass is 315 g/mol. The minimum Gasteiger partial charge on any atom is -0.478 e. The number of carbonyl (C=O) groups excluding carboxylic acids is 1. The number of amides is 1. The van der Waals surface area contributed by atoms with Crippen molar-refractivity contribution >= 4 is 20.5 Å². The van der Waals surface area contributed by atoms with Crippen molar-refractivity contribution in [2.24, 2.45) is 5.92 Å². The van der Waals surface area contributed by atoms with Gasteiger partial charge in [-0.15, -0.1) is 0 Å². The number of carbonyl (C=O) groups is 2. The molecule has 1 aromatic rings. The summed E-state index contributed by atoms with van der Waals surface area (Å²) in [5, 5.41) is 9.00. The molecule has 7 nitrogen and oxygen atoms in total. The molecule has 21 heavy (non-hydrogen) atoms. The predicted octanol–water partition coefficient (Wildman–Crippen LogP) is 1.59. The molecule has 0 aliphatic carbocycles. The second-order valence-electron chi connectivity index (χ2n) is 4.82. The first kappa shape index (κ1) is 17.4. The summed E-state index contributed by atoms with van der Waals surface area (Å²) >= 11 is 0. The Hall–Kier alpha value is -1.69. The molecular formula is C13H18NO6P. The highest BCUT2D eigenvalue weighted by Gasteiger charge is 2.18. The zero-order chi connectivity index (χ0) is 16.2. The zero-order valence-electron chi connectivity index (χ0n) is 12.0. The molecular weight excluding hydrogens is 297 g/mol. The first-order valence-electron chi connectivity index (χ1n) is 6.19. The van der Waals surface area contributed by atoms with Crippen LogP contribution < -0.4 is 4.52 Å². The summed E-state index contributed by atoms with van der Waals surface area (Å²) in [6.07, 6.45) is 0. The van der Waals surface area contributed by atoms with Crippen LogP contribution in [0.2, 0.25) is 0 Å². The van der Waals surface area contributed by atoms with Gasteiger partial charge < -0.3 is 24.3 Å². The molecule has 1 rings (SSSR count). The van der Waals surface area contributed by atoms with E-state index < -0.39 is 14.6 Å². The number of nitrogens with zero attached hydrogens (tertiary/aromatic N) is 1. The van der Waals surface area contributed by atoms with E-state index in [0.29, 0.717) is 5.56 Å². The van der Waals surface area contributed by atoms with E-state index >= 15 is 0 Å². The third kappa shape index (κ3) is 4.97. The molecule has 0 saturated heterocycles. The van der Waals surface area contributed by atoms with Gasteiger partial charge in [0, 0.05) is 25.1 Å². The topological polar surface area (TPSA) is 107 Å². The van der Waals surface area contributed by atoms with Gasteiger partial charge in [0.25, 0.3) is 0 Å². The van der Waals surface area contributed by atoms with Gasteiger partial charge in [0.1, 0.15) is 5.75 Å². The highest BCUT2D eigenvalue weighted by molar-refractivity contribution is 7.39. The summed E-state index contributed by atoms with van der Waals surface area (Å²) < 4.78 is 4.87. The Labute approximate surface area is 123 Å². The van der Waals surface area contributed by atoms with Crippen LogP contribution in [-0.2, 0) is 11.3 Å². The van der Waals surface area contributed by atoms with Crippen LogP contribution in [-0.4, -0.2) is 38.7 Å². The third-order valence-corrected chi connectivity index (χ3v) is 3.13.